The van der Waals surface area contributed by atoms with E-state index >= 15 is 0 Å². The van der Waals surface area contributed by atoms with E-state index in [4.69, 9.17) is 4.65 Å². The molecule has 0 saturated carbocycles. The highest BCUT2D eigenvalue weighted by atomic mass is 16.5. The first kappa shape index (κ1) is 17.2. The SMILES string of the molecule is CC(C)(C)c1ccccc1B(O)OC(C)(C)C(C)(C)O. The second kappa shape index (κ2) is 5.51. The van der Waals surface area contributed by atoms with Gasteiger partial charge in [-0.2, -0.15) is 0 Å². The third-order valence-corrected chi connectivity index (χ3v) is 3.91. The van der Waals surface area contributed by atoms with Gasteiger partial charge in [0.05, 0.1) is 11.2 Å². The van der Waals surface area contributed by atoms with Gasteiger partial charge in [-0.25, -0.2) is 0 Å². The second-order valence-electron chi connectivity index (χ2n) is 7.38. The summed E-state index contributed by atoms with van der Waals surface area (Å²) in [4.78, 5) is 0. The second-order valence-corrected chi connectivity index (χ2v) is 7.38. The quantitative estimate of drug-likeness (QED) is 0.830. The number of hydrogen-bond acceptors (Lipinski definition) is 3. The minimum Gasteiger partial charge on any atom is -0.423 e. The van der Waals surface area contributed by atoms with Gasteiger partial charge in [-0.05, 0) is 44.1 Å². The number of hydrogen-bond donors (Lipinski definition) is 2. The van der Waals surface area contributed by atoms with Crippen molar-refractivity contribution in [1.29, 1.82) is 0 Å². The molecule has 1 aromatic carbocycles. The normalized spacial score (nSPS) is 13.4. The Bertz CT molecular complexity index is 456. The van der Waals surface area contributed by atoms with E-state index in [1.165, 1.54) is 0 Å². The molecule has 0 spiro atoms. The molecule has 1 aromatic rings. The van der Waals surface area contributed by atoms with Gasteiger partial charge in [0, 0.05) is 0 Å². The fourth-order valence-electron chi connectivity index (χ4n) is 1.88. The highest BCUT2D eigenvalue weighted by Gasteiger charge is 2.40. The van der Waals surface area contributed by atoms with Crippen molar-refractivity contribution in [3.63, 3.8) is 0 Å². The van der Waals surface area contributed by atoms with Crippen LogP contribution in [0.3, 0.4) is 0 Å². The molecule has 0 aliphatic heterocycles. The minimum atomic E-state index is -1.06. The van der Waals surface area contributed by atoms with Crippen LogP contribution in [0.4, 0.5) is 0 Å². The van der Waals surface area contributed by atoms with E-state index < -0.39 is 18.3 Å². The summed E-state index contributed by atoms with van der Waals surface area (Å²) >= 11 is 0. The van der Waals surface area contributed by atoms with Crippen molar-refractivity contribution >= 4 is 12.6 Å². The first-order valence-corrected chi connectivity index (χ1v) is 7.04. The van der Waals surface area contributed by atoms with Gasteiger partial charge in [-0.3, -0.25) is 0 Å². The van der Waals surface area contributed by atoms with Crippen LogP contribution < -0.4 is 5.46 Å². The summed E-state index contributed by atoms with van der Waals surface area (Å²) in [6.07, 6.45) is 0. The molecule has 4 heteroatoms. The highest BCUT2D eigenvalue weighted by molar-refractivity contribution is 6.60. The molecule has 0 aliphatic carbocycles. The molecule has 0 bridgehead atoms. The average Bonchev–Trinajstić information content (AvgIpc) is 2.25. The Hall–Kier alpha value is -0.835. The van der Waals surface area contributed by atoms with Crippen LogP contribution in [0.5, 0.6) is 0 Å². The maximum atomic E-state index is 10.4. The molecule has 0 heterocycles. The lowest BCUT2D eigenvalue weighted by molar-refractivity contribution is -0.0983. The number of benzene rings is 1. The van der Waals surface area contributed by atoms with Crippen molar-refractivity contribution in [2.45, 2.75) is 65.1 Å². The van der Waals surface area contributed by atoms with Crippen LogP contribution in [0.25, 0.3) is 0 Å². The van der Waals surface area contributed by atoms with Crippen LogP contribution in [0.2, 0.25) is 0 Å². The summed E-state index contributed by atoms with van der Waals surface area (Å²) in [5, 5.41) is 20.6. The molecule has 0 aromatic heterocycles. The molecule has 2 N–H and O–H groups in total. The average molecular weight is 278 g/mol. The van der Waals surface area contributed by atoms with Gasteiger partial charge >= 0.3 is 7.12 Å². The molecule has 0 atom stereocenters. The van der Waals surface area contributed by atoms with E-state index in [1.54, 1.807) is 27.7 Å². The lowest BCUT2D eigenvalue weighted by Gasteiger charge is -2.39. The zero-order valence-corrected chi connectivity index (χ0v) is 13.7. The van der Waals surface area contributed by atoms with E-state index in [2.05, 4.69) is 20.8 Å². The van der Waals surface area contributed by atoms with Crippen molar-refractivity contribution < 1.29 is 14.8 Å². The molecule has 20 heavy (non-hydrogen) atoms. The molecule has 112 valence electrons. The van der Waals surface area contributed by atoms with E-state index in [9.17, 15) is 10.1 Å². The zero-order chi connectivity index (χ0) is 15.8. The molecular weight excluding hydrogens is 251 g/mol. The summed E-state index contributed by atoms with van der Waals surface area (Å²) in [6, 6.07) is 7.71. The predicted molar refractivity (Wildman–Crippen MR) is 84.2 cm³/mol. The number of rotatable bonds is 4. The van der Waals surface area contributed by atoms with Gasteiger partial charge in [0.2, 0.25) is 0 Å². The molecule has 3 nitrogen and oxygen atoms in total. The van der Waals surface area contributed by atoms with E-state index in [0.29, 0.717) is 0 Å². The van der Waals surface area contributed by atoms with Crippen molar-refractivity contribution in [1.82, 2.24) is 0 Å². The first-order chi connectivity index (χ1) is 8.86. The maximum absolute atomic E-state index is 10.4. The van der Waals surface area contributed by atoms with Gasteiger partial charge < -0.3 is 14.8 Å². The van der Waals surface area contributed by atoms with E-state index in [-0.39, 0.29) is 5.41 Å². The van der Waals surface area contributed by atoms with E-state index in [1.807, 2.05) is 24.3 Å². The van der Waals surface area contributed by atoms with Crippen LogP contribution >= 0.6 is 0 Å². The Labute approximate surface area is 123 Å². The Morgan fingerprint density at radius 3 is 1.90 bits per heavy atom. The summed E-state index contributed by atoms with van der Waals surface area (Å²) in [5.74, 6) is 0. The number of aliphatic hydroxyl groups is 1. The molecular formula is C16H27BO3. The fraction of sp³-hybridized carbons (Fsp3) is 0.625. The van der Waals surface area contributed by atoms with Crippen molar-refractivity contribution in [2.24, 2.45) is 0 Å². The monoisotopic (exact) mass is 278 g/mol. The lowest BCUT2D eigenvalue weighted by atomic mass is 9.69. The van der Waals surface area contributed by atoms with Crippen LogP contribution in [0.15, 0.2) is 24.3 Å². The van der Waals surface area contributed by atoms with Crippen LogP contribution in [0, 0.1) is 0 Å². The molecule has 0 aliphatic rings. The van der Waals surface area contributed by atoms with Gasteiger partial charge in [0.25, 0.3) is 0 Å². The molecule has 0 saturated heterocycles. The molecule has 0 unspecified atom stereocenters. The van der Waals surface area contributed by atoms with Crippen LogP contribution in [-0.4, -0.2) is 28.5 Å². The highest BCUT2D eigenvalue weighted by Crippen LogP contribution is 2.26. The molecule has 0 fully saturated rings. The Morgan fingerprint density at radius 2 is 1.45 bits per heavy atom. The van der Waals surface area contributed by atoms with Crippen molar-refractivity contribution in [3.8, 4) is 0 Å². The largest absolute Gasteiger partial charge is 0.491 e. The summed E-state index contributed by atoms with van der Waals surface area (Å²) in [7, 11) is -1.06. The van der Waals surface area contributed by atoms with Crippen molar-refractivity contribution in [3.05, 3.63) is 29.8 Å². The van der Waals surface area contributed by atoms with Crippen LogP contribution in [-0.2, 0) is 10.1 Å². The third-order valence-electron chi connectivity index (χ3n) is 3.91. The van der Waals surface area contributed by atoms with Gasteiger partial charge in [-0.1, -0.05) is 45.0 Å². The standard InChI is InChI=1S/C16H27BO3/c1-14(2,3)12-10-8-9-11-13(12)17(19)20-16(6,7)15(4,5)18/h8-11,18-19H,1-7H3. The first-order valence-electron chi connectivity index (χ1n) is 7.04. The zero-order valence-electron chi connectivity index (χ0n) is 13.7. The summed E-state index contributed by atoms with van der Waals surface area (Å²) in [5.41, 5.74) is -0.210. The molecule has 1 rings (SSSR count). The van der Waals surface area contributed by atoms with Gasteiger partial charge in [0.15, 0.2) is 0 Å². The Balaban J connectivity index is 3.09. The van der Waals surface area contributed by atoms with Crippen LogP contribution in [0.1, 0.15) is 54.0 Å². The van der Waals surface area contributed by atoms with Gasteiger partial charge in [-0.15, -0.1) is 0 Å². The lowest BCUT2D eigenvalue weighted by Crippen LogP contribution is -2.54. The Morgan fingerprint density at radius 1 is 0.950 bits per heavy atom. The topological polar surface area (TPSA) is 49.7 Å². The fourth-order valence-corrected chi connectivity index (χ4v) is 1.88. The predicted octanol–water partition coefficient (Wildman–Crippen LogP) is 2.24. The maximum Gasteiger partial charge on any atom is 0.491 e. The molecule has 0 radical (unpaired) electrons. The summed E-state index contributed by atoms with van der Waals surface area (Å²) in [6.45, 7) is 13.2. The van der Waals surface area contributed by atoms with Crippen molar-refractivity contribution in [2.75, 3.05) is 0 Å². The molecule has 0 amide bonds. The van der Waals surface area contributed by atoms with E-state index in [0.717, 1.165) is 11.0 Å². The Kier molecular flexibility index (Phi) is 4.74. The third kappa shape index (κ3) is 3.84. The van der Waals surface area contributed by atoms with Gasteiger partial charge in [0.1, 0.15) is 0 Å². The summed E-state index contributed by atoms with van der Waals surface area (Å²) < 4.78 is 5.73. The smallest absolute Gasteiger partial charge is 0.423 e. The minimum absolute atomic E-state index is 0.0835.